The number of esters is 2. The van der Waals surface area contributed by atoms with Gasteiger partial charge in [0, 0.05) is 6.42 Å². The van der Waals surface area contributed by atoms with Gasteiger partial charge in [0.1, 0.15) is 0 Å². The third-order valence-corrected chi connectivity index (χ3v) is 3.23. The van der Waals surface area contributed by atoms with Crippen LogP contribution in [0.5, 0.6) is 0 Å². The van der Waals surface area contributed by atoms with E-state index in [2.05, 4.69) is 0 Å². The number of methoxy groups -OCH3 is 1. The maximum absolute atomic E-state index is 12.0. The number of fused-ring (bicyclic) bond motifs is 1. The van der Waals surface area contributed by atoms with Gasteiger partial charge in [-0.1, -0.05) is 17.7 Å². The van der Waals surface area contributed by atoms with Crippen molar-refractivity contribution in [1.82, 2.24) is 0 Å². The molecule has 1 heterocycles. The van der Waals surface area contributed by atoms with Crippen LogP contribution in [0.4, 0.5) is 0 Å². The average molecular weight is 248 g/mol. The van der Waals surface area contributed by atoms with Crippen LogP contribution in [0.15, 0.2) is 12.1 Å². The number of carbonyl (C=O) groups is 2. The van der Waals surface area contributed by atoms with E-state index in [9.17, 15) is 9.59 Å². The largest absolute Gasteiger partial charge is 0.466 e. The molecule has 1 aromatic carbocycles. The van der Waals surface area contributed by atoms with Gasteiger partial charge in [-0.3, -0.25) is 0 Å². The fraction of sp³-hybridized carbons (Fsp3) is 0.429. The predicted octanol–water partition coefficient (Wildman–Crippen LogP) is 1.95. The van der Waals surface area contributed by atoms with Gasteiger partial charge in [0.2, 0.25) is 5.60 Å². The summed E-state index contributed by atoms with van der Waals surface area (Å²) in [6.07, 6.45) is 0.350. The molecular formula is C14H16O4. The van der Waals surface area contributed by atoms with Crippen LogP contribution >= 0.6 is 0 Å². The van der Waals surface area contributed by atoms with E-state index in [0.717, 1.165) is 16.7 Å². The number of rotatable bonds is 1. The standard InChI is InChI=1S/C14H16O4/c1-8-5-9(2)11-10(6-8)7-14(3,13(16)17-4)18-12(11)15/h5-6H,7H2,1-4H3. The lowest BCUT2D eigenvalue weighted by Crippen LogP contribution is -2.46. The number of benzene rings is 1. The third kappa shape index (κ3) is 1.88. The van der Waals surface area contributed by atoms with Crippen molar-refractivity contribution in [2.75, 3.05) is 7.11 Å². The molecule has 2 rings (SSSR count). The molecule has 0 amide bonds. The van der Waals surface area contributed by atoms with Gasteiger partial charge in [-0.05, 0) is 31.9 Å². The van der Waals surface area contributed by atoms with Crippen molar-refractivity contribution >= 4 is 11.9 Å². The summed E-state index contributed by atoms with van der Waals surface area (Å²) in [6, 6.07) is 3.85. The van der Waals surface area contributed by atoms with Crippen molar-refractivity contribution < 1.29 is 19.1 Å². The van der Waals surface area contributed by atoms with Crippen molar-refractivity contribution in [3.63, 3.8) is 0 Å². The Labute approximate surface area is 106 Å². The number of cyclic esters (lactones) is 1. The molecule has 0 bridgehead atoms. The SMILES string of the molecule is COC(=O)C1(C)Cc2cc(C)cc(C)c2C(=O)O1. The van der Waals surface area contributed by atoms with E-state index in [1.165, 1.54) is 7.11 Å². The monoisotopic (exact) mass is 248 g/mol. The van der Waals surface area contributed by atoms with E-state index in [4.69, 9.17) is 9.47 Å². The Morgan fingerprint density at radius 2 is 2.06 bits per heavy atom. The summed E-state index contributed by atoms with van der Waals surface area (Å²) < 4.78 is 9.96. The Morgan fingerprint density at radius 1 is 1.39 bits per heavy atom. The number of aryl methyl sites for hydroxylation is 2. The first-order valence-electron chi connectivity index (χ1n) is 5.79. The van der Waals surface area contributed by atoms with E-state index in [-0.39, 0.29) is 0 Å². The number of ether oxygens (including phenoxy) is 2. The quantitative estimate of drug-likeness (QED) is 0.713. The van der Waals surface area contributed by atoms with Crippen molar-refractivity contribution in [3.05, 3.63) is 34.4 Å². The van der Waals surface area contributed by atoms with E-state index in [1.807, 2.05) is 26.0 Å². The van der Waals surface area contributed by atoms with Gasteiger partial charge in [-0.2, -0.15) is 0 Å². The normalized spacial score (nSPS) is 22.1. The Hall–Kier alpha value is -1.84. The van der Waals surface area contributed by atoms with E-state index < -0.39 is 17.5 Å². The topological polar surface area (TPSA) is 52.6 Å². The molecule has 1 aromatic rings. The molecular weight excluding hydrogens is 232 g/mol. The zero-order chi connectivity index (χ0) is 13.5. The van der Waals surface area contributed by atoms with Crippen LogP contribution in [0.1, 0.15) is 34.0 Å². The number of carbonyl (C=O) groups excluding carboxylic acids is 2. The van der Waals surface area contributed by atoms with Gasteiger partial charge >= 0.3 is 11.9 Å². The lowest BCUT2D eigenvalue weighted by molar-refractivity contribution is -0.161. The predicted molar refractivity (Wildman–Crippen MR) is 65.5 cm³/mol. The summed E-state index contributed by atoms with van der Waals surface area (Å²) in [6.45, 7) is 5.41. The molecule has 18 heavy (non-hydrogen) atoms. The van der Waals surface area contributed by atoms with Crippen molar-refractivity contribution in [2.24, 2.45) is 0 Å². The van der Waals surface area contributed by atoms with E-state index >= 15 is 0 Å². The summed E-state index contributed by atoms with van der Waals surface area (Å²) in [5.74, 6) is -0.984. The molecule has 0 saturated carbocycles. The molecule has 0 N–H and O–H groups in total. The highest BCUT2D eigenvalue weighted by Gasteiger charge is 2.44. The van der Waals surface area contributed by atoms with Gasteiger partial charge in [-0.15, -0.1) is 0 Å². The molecule has 96 valence electrons. The zero-order valence-corrected chi connectivity index (χ0v) is 11.0. The second-order valence-corrected chi connectivity index (χ2v) is 4.90. The summed E-state index contributed by atoms with van der Waals surface area (Å²) in [5.41, 5.74) is 2.13. The highest BCUT2D eigenvalue weighted by atomic mass is 16.6. The molecule has 0 aliphatic carbocycles. The Kier molecular flexibility index (Phi) is 2.89. The molecule has 1 aliphatic rings. The minimum Gasteiger partial charge on any atom is -0.466 e. The van der Waals surface area contributed by atoms with Gasteiger partial charge < -0.3 is 9.47 Å². The van der Waals surface area contributed by atoms with E-state index in [0.29, 0.717) is 12.0 Å². The number of hydrogen-bond donors (Lipinski definition) is 0. The summed E-state index contributed by atoms with van der Waals surface area (Å²) in [4.78, 5) is 23.7. The van der Waals surface area contributed by atoms with Crippen LogP contribution < -0.4 is 0 Å². The van der Waals surface area contributed by atoms with Gasteiger partial charge in [-0.25, -0.2) is 9.59 Å². The lowest BCUT2D eigenvalue weighted by Gasteiger charge is -2.32. The second-order valence-electron chi connectivity index (χ2n) is 4.90. The van der Waals surface area contributed by atoms with Crippen molar-refractivity contribution in [2.45, 2.75) is 32.8 Å². The van der Waals surface area contributed by atoms with Crippen LogP contribution in [0.3, 0.4) is 0 Å². The molecule has 0 fully saturated rings. The first-order chi connectivity index (χ1) is 8.37. The molecule has 0 saturated heterocycles. The molecule has 1 unspecified atom stereocenters. The molecule has 1 aliphatic heterocycles. The first kappa shape index (κ1) is 12.6. The maximum atomic E-state index is 12.0. The highest BCUT2D eigenvalue weighted by Crippen LogP contribution is 2.31. The molecule has 0 aromatic heterocycles. The Morgan fingerprint density at radius 3 is 2.67 bits per heavy atom. The third-order valence-electron chi connectivity index (χ3n) is 3.23. The van der Waals surface area contributed by atoms with Gasteiger partial charge in [0.15, 0.2) is 0 Å². The Balaban J connectivity index is 2.52. The maximum Gasteiger partial charge on any atom is 0.350 e. The fourth-order valence-corrected chi connectivity index (χ4v) is 2.47. The molecule has 4 nitrogen and oxygen atoms in total. The molecule has 0 radical (unpaired) electrons. The van der Waals surface area contributed by atoms with Gasteiger partial charge in [0.05, 0.1) is 12.7 Å². The highest BCUT2D eigenvalue weighted by molar-refractivity contribution is 5.97. The molecule has 4 heteroatoms. The first-order valence-corrected chi connectivity index (χ1v) is 5.79. The smallest absolute Gasteiger partial charge is 0.350 e. The Bertz CT molecular complexity index is 533. The summed E-state index contributed by atoms with van der Waals surface area (Å²) >= 11 is 0. The lowest BCUT2D eigenvalue weighted by atomic mass is 9.87. The van der Waals surface area contributed by atoms with Crippen LogP contribution in [0.2, 0.25) is 0 Å². The van der Waals surface area contributed by atoms with E-state index in [1.54, 1.807) is 6.92 Å². The summed E-state index contributed by atoms with van der Waals surface area (Å²) in [7, 11) is 1.29. The molecule has 0 spiro atoms. The van der Waals surface area contributed by atoms with Crippen LogP contribution in [0, 0.1) is 13.8 Å². The minimum atomic E-state index is -1.22. The van der Waals surface area contributed by atoms with Crippen molar-refractivity contribution in [1.29, 1.82) is 0 Å². The zero-order valence-electron chi connectivity index (χ0n) is 11.0. The fourth-order valence-electron chi connectivity index (χ4n) is 2.47. The number of hydrogen-bond acceptors (Lipinski definition) is 4. The molecule has 1 atom stereocenters. The van der Waals surface area contributed by atoms with Crippen LogP contribution in [0.25, 0.3) is 0 Å². The van der Waals surface area contributed by atoms with Crippen LogP contribution in [-0.4, -0.2) is 24.6 Å². The second kappa shape index (κ2) is 4.12. The van der Waals surface area contributed by atoms with Crippen molar-refractivity contribution in [3.8, 4) is 0 Å². The van der Waals surface area contributed by atoms with Gasteiger partial charge in [0.25, 0.3) is 0 Å². The van der Waals surface area contributed by atoms with Crippen LogP contribution in [-0.2, 0) is 20.7 Å². The summed E-state index contributed by atoms with van der Waals surface area (Å²) in [5, 5.41) is 0. The average Bonchev–Trinajstić information content (AvgIpc) is 2.25. The minimum absolute atomic E-state index is 0.350.